The molecule has 0 radical (unpaired) electrons. The van der Waals surface area contributed by atoms with Gasteiger partial charge in [-0.05, 0) is 37.6 Å². The van der Waals surface area contributed by atoms with E-state index in [-0.39, 0.29) is 12.3 Å². The van der Waals surface area contributed by atoms with Crippen LogP contribution in [0, 0.1) is 6.92 Å². The van der Waals surface area contributed by atoms with E-state index in [2.05, 4.69) is 15.5 Å². The third-order valence-corrected chi connectivity index (χ3v) is 5.46. The highest BCUT2D eigenvalue weighted by atomic mass is 35.5. The van der Waals surface area contributed by atoms with Crippen molar-refractivity contribution >= 4 is 35.0 Å². The zero-order valence-electron chi connectivity index (χ0n) is 15.3. The van der Waals surface area contributed by atoms with Crippen LogP contribution in [0.25, 0.3) is 0 Å². The number of benzene rings is 2. The highest BCUT2D eigenvalue weighted by Crippen LogP contribution is 2.26. The average molecular weight is 401 g/mol. The van der Waals surface area contributed by atoms with E-state index in [1.165, 1.54) is 0 Å². The van der Waals surface area contributed by atoms with Crippen LogP contribution in [0.3, 0.4) is 0 Å². The number of nitrogens with one attached hydrogen (secondary N) is 1. The van der Waals surface area contributed by atoms with Crippen molar-refractivity contribution in [3.05, 3.63) is 70.5 Å². The Kier molecular flexibility index (Phi) is 6.53. The Morgan fingerprint density at radius 3 is 2.59 bits per heavy atom. The van der Waals surface area contributed by atoms with Gasteiger partial charge in [-0.3, -0.25) is 4.79 Å². The Morgan fingerprint density at radius 1 is 1.15 bits per heavy atom. The molecular weight excluding hydrogens is 380 g/mol. The Balaban J connectivity index is 1.65. The van der Waals surface area contributed by atoms with Crippen LogP contribution < -0.4 is 5.32 Å². The first-order valence-electron chi connectivity index (χ1n) is 8.71. The fraction of sp³-hybridized carbons (Fsp3) is 0.250. The van der Waals surface area contributed by atoms with Gasteiger partial charge in [-0.2, -0.15) is 0 Å². The van der Waals surface area contributed by atoms with Crippen molar-refractivity contribution in [1.29, 1.82) is 0 Å². The number of rotatable bonds is 7. The number of anilines is 1. The maximum atomic E-state index is 12.4. The second-order valence-electron chi connectivity index (χ2n) is 6.11. The van der Waals surface area contributed by atoms with Crippen LogP contribution in [-0.2, 0) is 23.5 Å². The van der Waals surface area contributed by atoms with Crippen LogP contribution in [0.2, 0.25) is 5.02 Å². The first-order valence-corrected chi connectivity index (χ1v) is 10.1. The minimum absolute atomic E-state index is 0.108. The van der Waals surface area contributed by atoms with E-state index in [4.69, 9.17) is 11.6 Å². The molecule has 1 amide bonds. The van der Waals surface area contributed by atoms with Crippen LogP contribution in [-0.4, -0.2) is 20.7 Å². The zero-order valence-corrected chi connectivity index (χ0v) is 16.8. The summed E-state index contributed by atoms with van der Waals surface area (Å²) in [6, 6.07) is 15.5. The summed E-state index contributed by atoms with van der Waals surface area (Å²) in [5, 5.41) is 12.9. The molecule has 5 nitrogen and oxygen atoms in total. The normalized spacial score (nSPS) is 10.8. The molecule has 27 heavy (non-hydrogen) atoms. The van der Waals surface area contributed by atoms with E-state index >= 15 is 0 Å². The predicted octanol–water partition coefficient (Wildman–Crippen LogP) is 4.73. The van der Waals surface area contributed by atoms with E-state index in [0.29, 0.717) is 18.1 Å². The number of aryl methyl sites for hydroxylation is 1. The number of hydrogen-bond donors (Lipinski definition) is 1. The summed E-state index contributed by atoms with van der Waals surface area (Å²) < 4.78 is 1.97. The number of thioether (sulfide) groups is 1. The first-order chi connectivity index (χ1) is 13.1. The maximum absolute atomic E-state index is 12.4. The number of nitrogens with zero attached hydrogens (tertiary/aromatic N) is 3. The molecule has 0 saturated carbocycles. The molecule has 7 heteroatoms. The molecule has 3 rings (SSSR count). The molecule has 140 valence electrons. The molecular formula is C20H21ClN4OS. The minimum Gasteiger partial charge on any atom is -0.326 e. The summed E-state index contributed by atoms with van der Waals surface area (Å²) in [7, 11) is 0. The molecule has 3 aromatic rings. The highest BCUT2D eigenvalue weighted by molar-refractivity contribution is 7.98. The van der Waals surface area contributed by atoms with Gasteiger partial charge in [-0.25, -0.2) is 0 Å². The van der Waals surface area contributed by atoms with Crippen LogP contribution in [0.1, 0.15) is 23.9 Å². The number of halogens is 1. The summed E-state index contributed by atoms with van der Waals surface area (Å²) in [4.78, 5) is 12.4. The molecule has 1 aromatic heterocycles. The van der Waals surface area contributed by atoms with Gasteiger partial charge in [0.05, 0.1) is 6.42 Å². The highest BCUT2D eigenvalue weighted by Gasteiger charge is 2.15. The van der Waals surface area contributed by atoms with Crippen molar-refractivity contribution in [2.45, 2.75) is 37.7 Å². The maximum Gasteiger partial charge on any atom is 0.232 e. The summed E-state index contributed by atoms with van der Waals surface area (Å²) in [6.07, 6.45) is 0.182. The van der Waals surface area contributed by atoms with Gasteiger partial charge < -0.3 is 9.88 Å². The number of carbonyl (C=O) groups excluding carboxylic acids is 1. The van der Waals surface area contributed by atoms with E-state index in [9.17, 15) is 4.79 Å². The Morgan fingerprint density at radius 2 is 1.89 bits per heavy atom. The van der Waals surface area contributed by atoms with Gasteiger partial charge in [0.1, 0.15) is 5.82 Å². The fourth-order valence-electron chi connectivity index (χ4n) is 2.62. The van der Waals surface area contributed by atoms with Crippen LogP contribution in [0.15, 0.2) is 53.7 Å². The van der Waals surface area contributed by atoms with Crippen molar-refractivity contribution in [3.63, 3.8) is 0 Å². The lowest BCUT2D eigenvalue weighted by molar-refractivity contribution is -0.115. The first kappa shape index (κ1) is 19.5. The molecule has 0 aliphatic heterocycles. The lowest BCUT2D eigenvalue weighted by Crippen LogP contribution is -2.17. The standard InChI is InChI=1S/C20H21ClN4OS/c1-3-25-18(12-19(26)22-16-10-8-14(2)9-11-16)23-24-20(25)27-13-15-6-4-5-7-17(15)21/h4-11H,3,12-13H2,1-2H3,(H,22,26). The van der Waals surface area contributed by atoms with Crippen LogP contribution in [0.5, 0.6) is 0 Å². The van der Waals surface area contributed by atoms with Crippen molar-refractivity contribution < 1.29 is 4.79 Å². The third-order valence-electron chi connectivity index (χ3n) is 4.08. The van der Waals surface area contributed by atoms with Crippen molar-refractivity contribution in [1.82, 2.24) is 14.8 Å². The molecule has 0 unspecified atom stereocenters. The molecule has 0 bridgehead atoms. The van der Waals surface area contributed by atoms with E-state index in [1.807, 2.05) is 66.9 Å². The number of aromatic nitrogens is 3. The van der Waals surface area contributed by atoms with Crippen molar-refractivity contribution in [2.24, 2.45) is 0 Å². The lowest BCUT2D eigenvalue weighted by Gasteiger charge is -2.09. The lowest BCUT2D eigenvalue weighted by atomic mass is 10.2. The Bertz CT molecular complexity index is 924. The monoisotopic (exact) mass is 400 g/mol. The van der Waals surface area contributed by atoms with Gasteiger partial charge in [0, 0.05) is 23.0 Å². The minimum atomic E-state index is -0.108. The molecule has 1 N–H and O–H groups in total. The van der Waals surface area contributed by atoms with Gasteiger partial charge in [0.15, 0.2) is 5.16 Å². The van der Waals surface area contributed by atoms with Crippen molar-refractivity contribution in [2.75, 3.05) is 5.32 Å². The van der Waals surface area contributed by atoms with Crippen LogP contribution >= 0.6 is 23.4 Å². The zero-order chi connectivity index (χ0) is 19.2. The van der Waals surface area contributed by atoms with Crippen molar-refractivity contribution in [3.8, 4) is 0 Å². The summed E-state index contributed by atoms with van der Waals surface area (Å²) in [6.45, 7) is 4.73. The number of carbonyl (C=O) groups is 1. The molecule has 2 aromatic carbocycles. The average Bonchev–Trinajstić information content (AvgIpc) is 3.04. The Hall–Kier alpha value is -2.31. The second-order valence-corrected chi connectivity index (χ2v) is 7.46. The molecule has 0 atom stereocenters. The topological polar surface area (TPSA) is 59.8 Å². The summed E-state index contributed by atoms with van der Waals surface area (Å²) >= 11 is 7.78. The second kappa shape index (κ2) is 9.06. The Labute approximate surface area is 168 Å². The molecule has 0 fully saturated rings. The van der Waals surface area contributed by atoms with E-state index in [0.717, 1.165) is 27.0 Å². The summed E-state index contributed by atoms with van der Waals surface area (Å²) in [5.74, 6) is 1.25. The summed E-state index contributed by atoms with van der Waals surface area (Å²) in [5.41, 5.74) is 2.98. The number of amides is 1. The predicted molar refractivity (Wildman–Crippen MR) is 110 cm³/mol. The smallest absolute Gasteiger partial charge is 0.232 e. The SMILES string of the molecule is CCn1c(CC(=O)Nc2ccc(C)cc2)nnc1SCc1ccccc1Cl. The van der Waals surface area contributed by atoms with Gasteiger partial charge >= 0.3 is 0 Å². The number of hydrogen-bond acceptors (Lipinski definition) is 4. The molecule has 0 aliphatic carbocycles. The van der Waals surface area contributed by atoms with Gasteiger partial charge in [0.2, 0.25) is 5.91 Å². The van der Waals surface area contributed by atoms with E-state index < -0.39 is 0 Å². The van der Waals surface area contributed by atoms with Crippen LogP contribution in [0.4, 0.5) is 5.69 Å². The fourth-order valence-corrected chi connectivity index (χ4v) is 3.92. The largest absolute Gasteiger partial charge is 0.326 e. The van der Waals surface area contributed by atoms with Gasteiger partial charge in [-0.15, -0.1) is 10.2 Å². The third kappa shape index (κ3) is 5.11. The van der Waals surface area contributed by atoms with Gasteiger partial charge in [0.25, 0.3) is 0 Å². The molecule has 0 saturated heterocycles. The van der Waals surface area contributed by atoms with E-state index in [1.54, 1.807) is 11.8 Å². The molecule has 1 heterocycles. The van der Waals surface area contributed by atoms with Gasteiger partial charge in [-0.1, -0.05) is 59.3 Å². The quantitative estimate of drug-likeness (QED) is 0.582. The molecule has 0 aliphatic rings. The molecule has 0 spiro atoms.